The molecule has 1 aromatic heterocycles. The van der Waals surface area contributed by atoms with E-state index in [1.807, 2.05) is 6.20 Å². The molecule has 3 nitrogen and oxygen atoms in total. The first-order chi connectivity index (χ1) is 9.01. The molecule has 0 atom stereocenters. The minimum Gasteiger partial charge on any atom is -0.370 e. The van der Waals surface area contributed by atoms with Crippen molar-refractivity contribution < 1.29 is 0 Å². The summed E-state index contributed by atoms with van der Waals surface area (Å²) in [5, 5.41) is 3.38. The summed E-state index contributed by atoms with van der Waals surface area (Å²) in [4.78, 5) is 6.73. The normalized spacial score (nSPS) is 11.9. The van der Waals surface area contributed by atoms with Crippen LogP contribution in [0.5, 0.6) is 0 Å². The largest absolute Gasteiger partial charge is 0.370 e. The predicted molar refractivity (Wildman–Crippen MR) is 83.8 cm³/mol. The second-order valence-electron chi connectivity index (χ2n) is 5.78. The van der Waals surface area contributed by atoms with Crippen LogP contribution < -0.4 is 5.32 Å². The maximum atomic E-state index is 4.53. The van der Waals surface area contributed by atoms with Crippen LogP contribution in [-0.2, 0) is 5.41 Å². The average Bonchev–Trinajstić information content (AvgIpc) is 2.43. The van der Waals surface area contributed by atoms with Crippen molar-refractivity contribution in [2.45, 2.75) is 45.4 Å². The van der Waals surface area contributed by atoms with Crippen molar-refractivity contribution in [3.05, 3.63) is 23.9 Å². The van der Waals surface area contributed by atoms with Gasteiger partial charge in [-0.3, -0.25) is 0 Å². The fraction of sp³-hybridized carbons (Fsp3) is 0.688. The predicted octanol–water partition coefficient (Wildman–Crippen LogP) is 3.52. The van der Waals surface area contributed by atoms with Gasteiger partial charge in [-0.2, -0.15) is 0 Å². The molecule has 0 fully saturated rings. The first kappa shape index (κ1) is 16.0. The van der Waals surface area contributed by atoms with Gasteiger partial charge >= 0.3 is 0 Å². The molecule has 0 aromatic carbocycles. The average molecular weight is 263 g/mol. The van der Waals surface area contributed by atoms with Crippen LogP contribution in [0.1, 0.15) is 45.6 Å². The molecule has 1 N–H and O–H groups in total. The van der Waals surface area contributed by atoms with Crippen molar-refractivity contribution in [3.8, 4) is 0 Å². The van der Waals surface area contributed by atoms with Crippen LogP contribution in [-0.4, -0.2) is 37.1 Å². The highest BCUT2D eigenvalue weighted by molar-refractivity contribution is 5.37. The number of pyridine rings is 1. The molecule has 1 aromatic rings. The Kier molecular flexibility index (Phi) is 6.29. The van der Waals surface area contributed by atoms with Crippen LogP contribution in [0.4, 0.5) is 5.82 Å². The number of nitrogens with one attached hydrogen (secondary N) is 1. The highest BCUT2D eigenvalue weighted by Gasteiger charge is 2.22. The molecule has 0 aliphatic rings. The number of rotatable bonds is 8. The Balaban J connectivity index is 2.52. The van der Waals surface area contributed by atoms with E-state index in [4.69, 9.17) is 0 Å². The van der Waals surface area contributed by atoms with Gasteiger partial charge in [0, 0.05) is 12.7 Å². The fourth-order valence-corrected chi connectivity index (χ4v) is 2.13. The third-order valence-corrected chi connectivity index (χ3v) is 4.11. The molecule has 1 rings (SSSR count). The molecule has 19 heavy (non-hydrogen) atoms. The molecule has 0 bridgehead atoms. The van der Waals surface area contributed by atoms with Gasteiger partial charge in [-0.1, -0.05) is 26.8 Å². The van der Waals surface area contributed by atoms with Gasteiger partial charge in [0.1, 0.15) is 5.82 Å². The number of anilines is 1. The molecule has 0 aliphatic heterocycles. The summed E-state index contributed by atoms with van der Waals surface area (Å²) in [5.41, 5.74) is 1.60. The Labute approximate surface area is 118 Å². The van der Waals surface area contributed by atoms with Gasteiger partial charge in [0.15, 0.2) is 0 Å². The molecule has 0 aliphatic carbocycles. The van der Waals surface area contributed by atoms with Crippen LogP contribution >= 0.6 is 0 Å². The van der Waals surface area contributed by atoms with E-state index in [1.165, 1.54) is 5.56 Å². The first-order valence-corrected chi connectivity index (χ1v) is 7.37. The Morgan fingerprint density at radius 3 is 2.37 bits per heavy atom. The van der Waals surface area contributed by atoms with E-state index < -0.39 is 0 Å². The van der Waals surface area contributed by atoms with Crippen molar-refractivity contribution in [2.24, 2.45) is 0 Å². The lowest BCUT2D eigenvalue weighted by Gasteiger charge is -2.27. The Morgan fingerprint density at radius 2 is 1.89 bits per heavy atom. The summed E-state index contributed by atoms with van der Waals surface area (Å²) in [6.45, 7) is 8.89. The third kappa shape index (κ3) is 4.83. The lowest BCUT2D eigenvalue weighted by atomic mass is 9.79. The number of nitrogens with zero attached hydrogens (tertiary/aromatic N) is 2. The molecular weight excluding hydrogens is 234 g/mol. The van der Waals surface area contributed by atoms with Gasteiger partial charge in [0.05, 0.1) is 0 Å². The molecule has 1 heterocycles. The standard InChI is InChI=1S/C16H29N3/c1-6-16(3,7-2)14-9-10-15(18-13-14)17-11-8-12-19(4)5/h9-10,13H,6-8,11-12H2,1-5H3,(H,17,18). The molecule has 0 unspecified atom stereocenters. The highest BCUT2D eigenvalue weighted by atomic mass is 15.1. The second kappa shape index (κ2) is 7.49. The van der Waals surface area contributed by atoms with E-state index in [2.05, 4.69) is 62.2 Å². The zero-order valence-electron chi connectivity index (χ0n) is 13.2. The highest BCUT2D eigenvalue weighted by Crippen LogP contribution is 2.30. The molecule has 0 saturated heterocycles. The summed E-state index contributed by atoms with van der Waals surface area (Å²) in [6.07, 6.45) is 5.47. The van der Waals surface area contributed by atoms with Gasteiger partial charge in [-0.25, -0.2) is 4.98 Å². The number of hydrogen-bond donors (Lipinski definition) is 1. The Morgan fingerprint density at radius 1 is 1.21 bits per heavy atom. The van der Waals surface area contributed by atoms with E-state index in [1.54, 1.807) is 0 Å². The van der Waals surface area contributed by atoms with Crippen molar-refractivity contribution in [1.29, 1.82) is 0 Å². The van der Waals surface area contributed by atoms with Gasteiger partial charge in [0.2, 0.25) is 0 Å². The maximum Gasteiger partial charge on any atom is 0.125 e. The Hall–Kier alpha value is -1.09. The van der Waals surface area contributed by atoms with Crippen molar-refractivity contribution in [3.63, 3.8) is 0 Å². The lowest BCUT2D eigenvalue weighted by Crippen LogP contribution is -2.20. The minimum absolute atomic E-state index is 0.260. The SMILES string of the molecule is CCC(C)(CC)c1ccc(NCCCN(C)C)nc1. The van der Waals surface area contributed by atoms with Crippen LogP contribution in [0.25, 0.3) is 0 Å². The first-order valence-electron chi connectivity index (χ1n) is 7.37. The molecule has 0 amide bonds. The maximum absolute atomic E-state index is 4.53. The molecule has 0 saturated carbocycles. The molecule has 0 radical (unpaired) electrons. The topological polar surface area (TPSA) is 28.2 Å². The fourth-order valence-electron chi connectivity index (χ4n) is 2.13. The van der Waals surface area contributed by atoms with Crippen molar-refractivity contribution in [2.75, 3.05) is 32.5 Å². The van der Waals surface area contributed by atoms with E-state index in [9.17, 15) is 0 Å². The van der Waals surface area contributed by atoms with Crippen LogP contribution in [0.2, 0.25) is 0 Å². The monoisotopic (exact) mass is 263 g/mol. The van der Waals surface area contributed by atoms with Crippen LogP contribution in [0, 0.1) is 0 Å². The lowest BCUT2D eigenvalue weighted by molar-refractivity contribution is 0.405. The van der Waals surface area contributed by atoms with Crippen molar-refractivity contribution >= 4 is 5.82 Å². The summed E-state index contributed by atoms with van der Waals surface area (Å²) >= 11 is 0. The zero-order chi connectivity index (χ0) is 14.3. The van der Waals surface area contributed by atoms with E-state index >= 15 is 0 Å². The van der Waals surface area contributed by atoms with Crippen LogP contribution in [0.3, 0.4) is 0 Å². The second-order valence-corrected chi connectivity index (χ2v) is 5.78. The molecule has 3 heteroatoms. The third-order valence-electron chi connectivity index (χ3n) is 4.11. The summed E-state index contributed by atoms with van der Waals surface area (Å²) < 4.78 is 0. The quantitative estimate of drug-likeness (QED) is 0.727. The summed E-state index contributed by atoms with van der Waals surface area (Å²) in [5.74, 6) is 0.983. The molecular formula is C16H29N3. The van der Waals surface area contributed by atoms with Gasteiger partial charge < -0.3 is 10.2 Å². The molecule has 108 valence electrons. The Bertz CT molecular complexity index is 353. The summed E-state index contributed by atoms with van der Waals surface area (Å²) in [6, 6.07) is 4.32. The molecule has 0 spiro atoms. The summed E-state index contributed by atoms with van der Waals surface area (Å²) in [7, 11) is 4.20. The van der Waals surface area contributed by atoms with E-state index in [-0.39, 0.29) is 5.41 Å². The van der Waals surface area contributed by atoms with Crippen molar-refractivity contribution in [1.82, 2.24) is 9.88 Å². The van der Waals surface area contributed by atoms with Gasteiger partial charge in [-0.15, -0.1) is 0 Å². The number of hydrogen-bond acceptors (Lipinski definition) is 3. The zero-order valence-corrected chi connectivity index (χ0v) is 13.2. The smallest absolute Gasteiger partial charge is 0.125 e. The number of aromatic nitrogens is 1. The van der Waals surface area contributed by atoms with E-state index in [0.717, 1.165) is 38.2 Å². The van der Waals surface area contributed by atoms with E-state index in [0.29, 0.717) is 0 Å². The van der Waals surface area contributed by atoms with Gasteiger partial charge in [-0.05, 0) is 56.9 Å². The van der Waals surface area contributed by atoms with Crippen LogP contribution in [0.15, 0.2) is 18.3 Å². The minimum atomic E-state index is 0.260. The van der Waals surface area contributed by atoms with Gasteiger partial charge in [0.25, 0.3) is 0 Å².